The number of fused-ring (bicyclic) bond motifs is 3. The molecule has 0 amide bonds. The number of benzene rings is 2. The van der Waals surface area contributed by atoms with E-state index in [1.54, 1.807) is 0 Å². The molecular formula is C24H35N3O2. The average Bonchev–Trinajstić information content (AvgIpc) is 3.11. The van der Waals surface area contributed by atoms with Crippen molar-refractivity contribution in [3.05, 3.63) is 36.4 Å². The highest BCUT2D eigenvalue weighted by atomic mass is 16.5. The first-order valence-corrected chi connectivity index (χ1v) is 10.9. The third-order valence-corrected chi connectivity index (χ3v) is 5.68. The third kappa shape index (κ3) is 5.43. The van der Waals surface area contributed by atoms with Gasteiger partial charge in [-0.05, 0) is 62.6 Å². The molecule has 3 aromatic rings. The summed E-state index contributed by atoms with van der Waals surface area (Å²) in [5.41, 5.74) is 2.24. The fraction of sp³-hybridized carbons (Fsp3) is 0.500. The highest BCUT2D eigenvalue weighted by Crippen LogP contribution is 2.31. The van der Waals surface area contributed by atoms with Gasteiger partial charge in [-0.25, -0.2) is 0 Å². The van der Waals surface area contributed by atoms with Crippen molar-refractivity contribution in [2.45, 2.75) is 27.7 Å². The summed E-state index contributed by atoms with van der Waals surface area (Å²) in [5, 5.41) is 2.35. The first-order valence-electron chi connectivity index (χ1n) is 10.9. The lowest BCUT2D eigenvalue weighted by atomic mass is 10.1. The van der Waals surface area contributed by atoms with Crippen LogP contribution in [-0.2, 0) is 0 Å². The van der Waals surface area contributed by atoms with Crippen molar-refractivity contribution in [3.63, 3.8) is 0 Å². The van der Waals surface area contributed by atoms with E-state index in [0.29, 0.717) is 13.2 Å². The van der Waals surface area contributed by atoms with Gasteiger partial charge in [0.05, 0.1) is 0 Å². The van der Waals surface area contributed by atoms with E-state index in [1.807, 2.05) is 12.1 Å². The molecule has 0 radical (unpaired) electrons. The van der Waals surface area contributed by atoms with Gasteiger partial charge in [0.25, 0.3) is 0 Å². The first-order chi connectivity index (χ1) is 14.2. The van der Waals surface area contributed by atoms with Crippen LogP contribution in [0, 0.1) is 0 Å². The van der Waals surface area contributed by atoms with Crippen molar-refractivity contribution in [3.8, 4) is 11.5 Å². The lowest BCUT2D eigenvalue weighted by Crippen LogP contribution is -2.27. The molecule has 0 saturated carbocycles. The Morgan fingerprint density at radius 1 is 0.655 bits per heavy atom. The van der Waals surface area contributed by atoms with Crippen LogP contribution in [0.1, 0.15) is 27.7 Å². The Morgan fingerprint density at radius 3 is 1.45 bits per heavy atom. The predicted octanol–water partition coefficient (Wildman–Crippen LogP) is 4.76. The molecule has 0 aliphatic heterocycles. The molecule has 0 spiro atoms. The van der Waals surface area contributed by atoms with E-state index in [2.05, 4.69) is 66.7 Å². The van der Waals surface area contributed by atoms with Gasteiger partial charge in [0, 0.05) is 34.9 Å². The summed E-state index contributed by atoms with van der Waals surface area (Å²) < 4.78 is 12.0. The normalized spacial score (nSPS) is 11.8. The van der Waals surface area contributed by atoms with Crippen molar-refractivity contribution in [1.82, 2.24) is 14.8 Å². The van der Waals surface area contributed by atoms with Gasteiger partial charge in [0.15, 0.2) is 0 Å². The second kappa shape index (κ2) is 10.5. The summed E-state index contributed by atoms with van der Waals surface area (Å²) in [6.45, 7) is 16.3. The number of nitrogens with one attached hydrogen (secondary N) is 1. The summed E-state index contributed by atoms with van der Waals surface area (Å²) in [6, 6.07) is 12.6. The number of aromatic amines is 1. The molecule has 5 heteroatoms. The minimum absolute atomic E-state index is 0.704. The van der Waals surface area contributed by atoms with E-state index < -0.39 is 0 Å². The van der Waals surface area contributed by atoms with Crippen molar-refractivity contribution in [1.29, 1.82) is 0 Å². The minimum atomic E-state index is 0.704. The van der Waals surface area contributed by atoms with Gasteiger partial charge in [-0.3, -0.25) is 0 Å². The topological polar surface area (TPSA) is 40.7 Å². The molecule has 0 unspecified atom stereocenters. The lowest BCUT2D eigenvalue weighted by molar-refractivity contribution is 0.223. The van der Waals surface area contributed by atoms with Crippen LogP contribution in [0.15, 0.2) is 36.4 Å². The fourth-order valence-corrected chi connectivity index (χ4v) is 3.70. The zero-order valence-corrected chi connectivity index (χ0v) is 18.3. The smallest absolute Gasteiger partial charge is 0.120 e. The average molecular weight is 398 g/mol. The highest BCUT2D eigenvalue weighted by molar-refractivity contribution is 6.08. The Balaban J connectivity index is 1.71. The Labute approximate surface area is 174 Å². The standard InChI is InChI=1S/C24H35N3O2/c1-5-26(6-2)13-15-28-19-9-11-23-21(17-19)22-18-20(10-12-24(22)25-23)29-16-14-27(7-3)8-4/h9-12,17-18,25H,5-8,13-16H2,1-4H3. The van der Waals surface area contributed by atoms with Gasteiger partial charge >= 0.3 is 0 Å². The molecule has 0 aliphatic rings. The molecule has 1 aromatic heterocycles. The molecular weight excluding hydrogens is 362 g/mol. The number of H-pyrrole nitrogens is 1. The Hall–Kier alpha value is -2.24. The molecule has 5 nitrogen and oxygen atoms in total. The van der Waals surface area contributed by atoms with E-state index in [-0.39, 0.29) is 0 Å². The van der Waals surface area contributed by atoms with Crippen molar-refractivity contribution >= 4 is 21.8 Å². The molecule has 3 rings (SSSR count). The van der Waals surface area contributed by atoms with Crippen LogP contribution in [0.25, 0.3) is 21.8 Å². The third-order valence-electron chi connectivity index (χ3n) is 5.68. The van der Waals surface area contributed by atoms with Crippen molar-refractivity contribution in [2.75, 3.05) is 52.5 Å². The van der Waals surface area contributed by atoms with Crippen molar-refractivity contribution in [2.24, 2.45) is 0 Å². The highest BCUT2D eigenvalue weighted by Gasteiger charge is 2.08. The molecule has 1 heterocycles. The molecule has 29 heavy (non-hydrogen) atoms. The summed E-state index contributed by atoms with van der Waals surface area (Å²) in [5.74, 6) is 1.83. The van der Waals surface area contributed by atoms with Gasteiger partial charge in [0.2, 0.25) is 0 Å². The number of ether oxygens (including phenoxy) is 2. The molecule has 0 aliphatic carbocycles. The SMILES string of the molecule is CCN(CC)CCOc1ccc2[nH]c3ccc(OCCN(CC)CC)cc3c2c1. The fourth-order valence-electron chi connectivity index (χ4n) is 3.70. The number of hydrogen-bond donors (Lipinski definition) is 1. The molecule has 0 fully saturated rings. The Kier molecular flexibility index (Phi) is 7.78. The minimum Gasteiger partial charge on any atom is -0.492 e. The molecule has 0 saturated heterocycles. The summed E-state index contributed by atoms with van der Waals surface area (Å²) in [6.07, 6.45) is 0. The largest absolute Gasteiger partial charge is 0.492 e. The maximum Gasteiger partial charge on any atom is 0.120 e. The zero-order valence-electron chi connectivity index (χ0n) is 18.3. The molecule has 0 bridgehead atoms. The van der Waals surface area contributed by atoms with Gasteiger partial charge in [-0.15, -0.1) is 0 Å². The number of aromatic nitrogens is 1. The Bertz CT molecular complexity index is 825. The second-order valence-corrected chi connectivity index (χ2v) is 7.29. The molecule has 158 valence electrons. The predicted molar refractivity (Wildman–Crippen MR) is 122 cm³/mol. The first kappa shape index (κ1) is 21.5. The molecule has 0 atom stereocenters. The van der Waals surface area contributed by atoms with Crippen LogP contribution >= 0.6 is 0 Å². The van der Waals surface area contributed by atoms with Gasteiger partial charge < -0.3 is 24.3 Å². The van der Waals surface area contributed by atoms with E-state index in [1.165, 1.54) is 10.8 Å². The van der Waals surface area contributed by atoms with E-state index in [0.717, 1.165) is 61.8 Å². The number of rotatable bonds is 12. The van der Waals surface area contributed by atoms with Crippen molar-refractivity contribution < 1.29 is 9.47 Å². The van der Waals surface area contributed by atoms with Crippen LogP contribution in [0.4, 0.5) is 0 Å². The van der Waals surface area contributed by atoms with E-state index in [9.17, 15) is 0 Å². The van der Waals surface area contributed by atoms with Crippen LogP contribution in [0.3, 0.4) is 0 Å². The lowest BCUT2D eigenvalue weighted by Gasteiger charge is -2.18. The number of likely N-dealkylation sites (N-methyl/N-ethyl adjacent to an activating group) is 2. The van der Waals surface area contributed by atoms with Crippen LogP contribution < -0.4 is 9.47 Å². The summed E-state index contributed by atoms with van der Waals surface area (Å²) in [4.78, 5) is 8.22. The van der Waals surface area contributed by atoms with Crippen LogP contribution in [0.2, 0.25) is 0 Å². The number of nitrogens with zero attached hydrogens (tertiary/aromatic N) is 2. The quantitative estimate of drug-likeness (QED) is 0.478. The van der Waals surface area contributed by atoms with Gasteiger partial charge in [-0.2, -0.15) is 0 Å². The van der Waals surface area contributed by atoms with E-state index in [4.69, 9.17) is 9.47 Å². The summed E-state index contributed by atoms with van der Waals surface area (Å²) >= 11 is 0. The van der Waals surface area contributed by atoms with E-state index >= 15 is 0 Å². The monoisotopic (exact) mass is 397 g/mol. The summed E-state index contributed by atoms with van der Waals surface area (Å²) in [7, 11) is 0. The zero-order chi connectivity index (χ0) is 20.6. The van der Waals surface area contributed by atoms with Gasteiger partial charge in [-0.1, -0.05) is 27.7 Å². The van der Waals surface area contributed by atoms with Crippen LogP contribution in [-0.4, -0.2) is 67.3 Å². The Morgan fingerprint density at radius 2 is 1.07 bits per heavy atom. The van der Waals surface area contributed by atoms with Gasteiger partial charge in [0.1, 0.15) is 24.7 Å². The molecule has 1 N–H and O–H groups in total. The second-order valence-electron chi connectivity index (χ2n) is 7.29. The maximum atomic E-state index is 6.02. The maximum absolute atomic E-state index is 6.02. The number of hydrogen-bond acceptors (Lipinski definition) is 4. The molecule has 2 aromatic carbocycles. The van der Waals surface area contributed by atoms with Crippen LogP contribution in [0.5, 0.6) is 11.5 Å².